The minimum Gasteiger partial charge on any atom is -0.487 e. The Kier molecular flexibility index (Phi) is 13.0. The Balaban J connectivity index is 1.55. The topological polar surface area (TPSA) is 109 Å². The molecule has 2 aliphatic heterocycles. The highest BCUT2D eigenvalue weighted by Gasteiger charge is 2.45. The summed E-state index contributed by atoms with van der Waals surface area (Å²) in [6.45, 7) is 17.2. The minimum absolute atomic E-state index is 0.207. The van der Waals surface area contributed by atoms with Crippen molar-refractivity contribution in [2.75, 3.05) is 6.61 Å². The molecule has 2 heterocycles. The molecule has 0 saturated carbocycles. The fourth-order valence-corrected chi connectivity index (χ4v) is 6.72. The Morgan fingerprint density at radius 3 is 2.00 bits per heavy atom. The molecule has 0 radical (unpaired) electrons. The smallest absolute Gasteiger partial charge is 0.229 e. The maximum absolute atomic E-state index is 10.5. The highest BCUT2D eigenvalue weighted by molar-refractivity contribution is 5.59. The van der Waals surface area contributed by atoms with Gasteiger partial charge in [-0.3, -0.25) is 0 Å². The van der Waals surface area contributed by atoms with Gasteiger partial charge in [0.05, 0.1) is 6.61 Å². The van der Waals surface area contributed by atoms with Crippen LogP contribution in [0.15, 0.2) is 0 Å². The highest BCUT2D eigenvalue weighted by Crippen LogP contribution is 2.45. The first kappa shape index (κ1) is 35.1. The second-order valence-electron chi connectivity index (χ2n) is 14.2. The van der Waals surface area contributed by atoms with Crippen LogP contribution in [-0.2, 0) is 11.2 Å². The van der Waals surface area contributed by atoms with E-state index in [2.05, 4.69) is 34.6 Å². The van der Waals surface area contributed by atoms with Crippen LogP contribution in [0.25, 0.3) is 0 Å². The van der Waals surface area contributed by atoms with E-state index >= 15 is 0 Å². The van der Waals surface area contributed by atoms with E-state index in [4.69, 9.17) is 14.2 Å². The molecule has 242 valence electrons. The average Bonchev–Trinajstić information content (AvgIpc) is 2.93. The molecule has 42 heavy (non-hydrogen) atoms. The van der Waals surface area contributed by atoms with Gasteiger partial charge in [0.1, 0.15) is 41.5 Å². The van der Waals surface area contributed by atoms with Gasteiger partial charge >= 0.3 is 0 Å². The SMILES string of the molecule is Cc1c(C)c2c(c(C)c1O[C@H]1O[C@H](CO)[C@@H](O)[C@H](O)[C@@H]1O)CCC(C)(CCCC(C)CCCC(C)CCCC(C)C)O2. The van der Waals surface area contributed by atoms with Crippen LogP contribution in [0.4, 0.5) is 0 Å². The first-order valence-corrected chi connectivity index (χ1v) is 16.6. The predicted molar refractivity (Wildman–Crippen MR) is 167 cm³/mol. The fourth-order valence-electron chi connectivity index (χ4n) is 6.72. The molecule has 8 atom stereocenters. The Morgan fingerprint density at radius 1 is 0.810 bits per heavy atom. The van der Waals surface area contributed by atoms with E-state index < -0.39 is 37.3 Å². The summed E-state index contributed by atoms with van der Waals surface area (Å²) in [5.74, 6) is 3.91. The maximum Gasteiger partial charge on any atom is 0.229 e. The normalized spacial score (nSPS) is 29.2. The lowest BCUT2D eigenvalue weighted by atomic mass is 9.83. The Labute approximate surface area is 255 Å². The molecule has 7 nitrogen and oxygen atoms in total. The average molecular weight is 593 g/mol. The molecule has 1 aromatic rings. The van der Waals surface area contributed by atoms with Crippen LogP contribution in [0.5, 0.6) is 11.5 Å². The van der Waals surface area contributed by atoms with E-state index in [1.165, 1.54) is 44.9 Å². The number of rotatable bonds is 15. The summed E-state index contributed by atoms with van der Waals surface area (Å²) in [6, 6.07) is 0. The standard InChI is InChI=1S/C35H60O7/c1-21(2)12-9-13-22(3)14-10-15-23(4)16-11-18-35(8)19-17-27-26(7)32(24(5)25(6)33(27)42-35)41-34-31(39)30(38)29(37)28(20-36)40-34/h21-23,28-31,34,36-39H,9-20H2,1-8H3/t22?,23?,28-,29-,30+,31+,34-,35?/m1/s1. The van der Waals surface area contributed by atoms with Gasteiger partial charge < -0.3 is 34.6 Å². The van der Waals surface area contributed by atoms with Crippen molar-refractivity contribution < 1.29 is 34.6 Å². The van der Waals surface area contributed by atoms with Crippen LogP contribution >= 0.6 is 0 Å². The Hall–Kier alpha value is -1.38. The zero-order chi connectivity index (χ0) is 31.2. The van der Waals surface area contributed by atoms with Gasteiger partial charge in [-0.25, -0.2) is 0 Å². The van der Waals surface area contributed by atoms with Crippen molar-refractivity contribution in [2.24, 2.45) is 17.8 Å². The van der Waals surface area contributed by atoms with Crippen LogP contribution in [-0.4, -0.2) is 63.3 Å². The lowest BCUT2D eigenvalue weighted by Gasteiger charge is -2.41. The van der Waals surface area contributed by atoms with Crippen LogP contribution < -0.4 is 9.47 Å². The van der Waals surface area contributed by atoms with Crippen LogP contribution in [0.1, 0.15) is 121 Å². The van der Waals surface area contributed by atoms with Crippen LogP contribution in [0.2, 0.25) is 0 Å². The van der Waals surface area contributed by atoms with E-state index in [9.17, 15) is 20.4 Å². The lowest BCUT2D eigenvalue weighted by molar-refractivity contribution is -0.277. The first-order chi connectivity index (χ1) is 19.8. The molecule has 1 saturated heterocycles. The van der Waals surface area contributed by atoms with Crippen molar-refractivity contribution in [1.82, 2.24) is 0 Å². The summed E-state index contributed by atoms with van der Waals surface area (Å²) in [6.07, 6.45) is 6.72. The van der Waals surface area contributed by atoms with E-state index in [1.807, 2.05) is 20.8 Å². The molecule has 3 unspecified atom stereocenters. The number of hydrogen-bond donors (Lipinski definition) is 4. The molecular weight excluding hydrogens is 532 g/mol. The number of aliphatic hydroxyl groups excluding tert-OH is 4. The van der Waals surface area contributed by atoms with Crippen molar-refractivity contribution in [1.29, 1.82) is 0 Å². The van der Waals surface area contributed by atoms with Crippen LogP contribution in [0.3, 0.4) is 0 Å². The number of hydrogen-bond acceptors (Lipinski definition) is 7. The number of ether oxygens (including phenoxy) is 3. The molecule has 0 bridgehead atoms. The summed E-state index contributed by atoms with van der Waals surface area (Å²) in [5.41, 5.74) is 3.71. The van der Waals surface area contributed by atoms with Gasteiger partial charge in [-0.05, 0) is 87.8 Å². The molecule has 1 fully saturated rings. The van der Waals surface area contributed by atoms with Crippen molar-refractivity contribution >= 4 is 0 Å². The van der Waals surface area contributed by atoms with Crippen LogP contribution in [0, 0.1) is 38.5 Å². The third-order valence-electron chi connectivity index (χ3n) is 9.92. The largest absolute Gasteiger partial charge is 0.487 e. The third-order valence-corrected chi connectivity index (χ3v) is 9.92. The summed E-state index contributed by atoms with van der Waals surface area (Å²) in [5, 5.41) is 40.4. The van der Waals surface area contributed by atoms with Crippen molar-refractivity contribution in [3.63, 3.8) is 0 Å². The Bertz CT molecular complexity index is 992. The van der Waals surface area contributed by atoms with E-state index in [1.54, 1.807) is 0 Å². The molecule has 0 aliphatic carbocycles. The quantitative estimate of drug-likeness (QED) is 0.189. The summed E-state index contributed by atoms with van der Waals surface area (Å²) < 4.78 is 18.5. The fraction of sp³-hybridized carbons (Fsp3) is 0.829. The zero-order valence-corrected chi connectivity index (χ0v) is 27.6. The number of fused-ring (bicyclic) bond motifs is 1. The zero-order valence-electron chi connectivity index (χ0n) is 27.6. The predicted octanol–water partition coefficient (Wildman–Crippen LogP) is 6.31. The van der Waals surface area contributed by atoms with E-state index in [0.29, 0.717) is 5.75 Å². The summed E-state index contributed by atoms with van der Waals surface area (Å²) >= 11 is 0. The van der Waals surface area contributed by atoms with Gasteiger partial charge in [0.2, 0.25) is 6.29 Å². The number of aliphatic hydroxyl groups is 4. The van der Waals surface area contributed by atoms with Gasteiger partial charge in [0, 0.05) is 5.56 Å². The molecule has 0 amide bonds. The third kappa shape index (κ3) is 8.84. The molecule has 3 rings (SSSR count). The summed E-state index contributed by atoms with van der Waals surface area (Å²) in [4.78, 5) is 0. The Morgan fingerprint density at radius 2 is 1.40 bits per heavy atom. The van der Waals surface area contributed by atoms with E-state index in [0.717, 1.165) is 71.4 Å². The first-order valence-electron chi connectivity index (χ1n) is 16.6. The minimum atomic E-state index is -1.48. The second kappa shape index (κ2) is 15.6. The second-order valence-corrected chi connectivity index (χ2v) is 14.2. The van der Waals surface area contributed by atoms with Gasteiger partial charge in [-0.15, -0.1) is 0 Å². The monoisotopic (exact) mass is 592 g/mol. The maximum atomic E-state index is 10.5. The van der Waals surface area contributed by atoms with Gasteiger partial charge in [-0.2, -0.15) is 0 Å². The molecule has 4 N–H and O–H groups in total. The van der Waals surface area contributed by atoms with Crippen molar-refractivity contribution in [3.8, 4) is 11.5 Å². The number of benzene rings is 1. The molecule has 2 aliphatic rings. The van der Waals surface area contributed by atoms with Gasteiger partial charge in [-0.1, -0.05) is 72.6 Å². The molecule has 1 aromatic carbocycles. The lowest BCUT2D eigenvalue weighted by Crippen LogP contribution is -2.60. The van der Waals surface area contributed by atoms with Gasteiger partial charge in [0.25, 0.3) is 0 Å². The van der Waals surface area contributed by atoms with Crippen molar-refractivity contribution in [3.05, 3.63) is 22.3 Å². The summed E-state index contributed by atoms with van der Waals surface area (Å²) in [7, 11) is 0. The van der Waals surface area contributed by atoms with Crippen molar-refractivity contribution in [2.45, 2.75) is 162 Å². The molecular formula is C35H60O7. The molecule has 7 heteroatoms. The van der Waals surface area contributed by atoms with Gasteiger partial charge in [0.15, 0.2) is 0 Å². The van der Waals surface area contributed by atoms with E-state index in [-0.39, 0.29) is 5.60 Å². The molecule has 0 spiro atoms. The molecule has 0 aromatic heterocycles. The highest BCUT2D eigenvalue weighted by atomic mass is 16.7.